The number of fused-ring (bicyclic) bond motifs is 1. The highest BCUT2D eigenvalue weighted by atomic mass is 16.4. The minimum absolute atomic E-state index is 0.174. The summed E-state index contributed by atoms with van der Waals surface area (Å²) in [5, 5.41) is 18.9. The quantitative estimate of drug-likeness (QED) is 0.446. The predicted molar refractivity (Wildman–Crippen MR) is 106 cm³/mol. The number of nitrogens with two attached hydrogens (primary N) is 1. The van der Waals surface area contributed by atoms with Crippen LogP contribution in [-0.4, -0.2) is 47.3 Å². The Labute approximate surface area is 165 Å². The van der Waals surface area contributed by atoms with Crippen molar-refractivity contribution in [1.29, 1.82) is 0 Å². The third-order valence-corrected chi connectivity index (χ3v) is 5.21. The van der Waals surface area contributed by atoms with Gasteiger partial charge in [-0.2, -0.15) is 9.59 Å². The molecule has 0 aliphatic carbocycles. The van der Waals surface area contributed by atoms with Gasteiger partial charge in [0.2, 0.25) is 0 Å². The molecule has 1 aromatic heterocycles. The van der Waals surface area contributed by atoms with Gasteiger partial charge in [0.25, 0.3) is 0 Å². The zero-order valence-corrected chi connectivity index (χ0v) is 16.1. The molecule has 3 rings (SSSR count). The molecule has 4 N–H and O–H groups in total. The highest BCUT2D eigenvalue weighted by Crippen LogP contribution is 2.35. The summed E-state index contributed by atoms with van der Waals surface area (Å²) in [5.41, 5.74) is 7.20. The Balaban J connectivity index is 0.000000878. The van der Waals surface area contributed by atoms with Crippen molar-refractivity contribution in [3.63, 3.8) is 0 Å². The van der Waals surface area contributed by atoms with Crippen LogP contribution in [0.15, 0.2) is 34.7 Å². The van der Waals surface area contributed by atoms with Crippen LogP contribution in [0.5, 0.6) is 0 Å². The van der Waals surface area contributed by atoms with Crippen LogP contribution in [0.25, 0.3) is 11.0 Å². The standard InChI is InChI=1S/C19H29BN2O3.CO2/c21-16(7-3-4-11-20(23)24)10-13-22-12-5-8-17(22)19-14-15-6-1-2-9-18(15)25-19;2-1-3/h1-2,6,9,14,16-17,23-24H,3-5,7-8,10-13,21H2;. The van der Waals surface area contributed by atoms with Gasteiger partial charge >= 0.3 is 13.3 Å². The van der Waals surface area contributed by atoms with Gasteiger partial charge < -0.3 is 20.2 Å². The molecule has 0 bridgehead atoms. The molecule has 1 saturated heterocycles. The van der Waals surface area contributed by atoms with E-state index in [1.165, 1.54) is 11.8 Å². The highest BCUT2D eigenvalue weighted by molar-refractivity contribution is 6.40. The molecule has 8 heteroatoms. The van der Waals surface area contributed by atoms with Gasteiger partial charge in [0.1, 0.15) is 11.3 Å². The first-order valence-electron chi connectivity index (χ1n) is 9.88. The Morgan fingerprint density at radius 1 is 1.25 bits per heavy atom. The SMILES string of the molecule is NC(CCCCB(O)O)CCN1CCCC1c1cc2ccccc2o1.O=C=O. The maximum atomic E-state index is 8.86. The second-order valence-corrected chi connectivity index (χ2v) is 7.28. The number of rotatable bonds is 9. The van der Waals surface area contributed by atoms with Crippen molar-refractivity contribution >= 4 is 24.2 Å². The molecule has 0 spiro atoms. The molecule has 2 unspecified atom stereocenters. The second kappa shape index (κ2) is 11.8. The van der Waals surface area contributed by atoms with Crippen LogP contribution >= 0.6 is 0 Å². The average Bonchev–Trinajstić information content (AvgIpc) is 3.30. The Morgan fingerprint density at radius 2 is 2.00 bits per heavy atom. The molecule has 1 aliphatic heterocycles. The van der Waals surface area contributed by atoms with E-state index in [4.69, 9.17) is 29.8 Å². The van der Waals surface area contributed by atoms with E-state index in [9.17, 15) is 0 Å². The third-order valence-electron chi connectivity index (χ3n) is 5.21. The topological polar surface area (TPSA) is 117 Å². The maximum Gasteiger partial charge on any atom is 0.451 e. The van der Waals surface area contributed by atoms with Crippen LogP contribution < -0.4 is 5.73 Å². The fourth-order valence-corrected chi connectivity index (χ4v) is 3.79. The van der Waals surface area contributed by atoms with Crippen molar-refractivity contribution in [2.24, 2.45) is 5.73 Å². The summed E-state index contributed by atoms with van der Waals surface area (Å²) < 4.78 is 6.07. The van der Waals surface area contributed by atoms with Gasteiger partial charge in [0.15, 0.2) is 0 Å². The summed E-state index contributed by atoms with van der Waals surface area (Å²) >= 11 is 0. The summed E-state index contributed by atoms with van der Waals surface area (Å²) in [4.78, 5) is 18.7. The first kappa shape index (κ1) is 22.3. The Morgan fingerprint density at radius 3 is 2.71 bits per heavy atom. The lowest BCUT2D eigenvalue weighted by Crippen LogP contribution is -2.30. The molecule has 152 valence electrons. The monoisotopic (exact) mass is 388 g/mol. The molecular weight excluding hydrogens is 359 g/mol. The van der Waals surface area contributed by atoms with E-state index in [0.29, 0.717) is 12.4 Å². The minimum atomic E-state index is -1.19. The van der Waals surface area contributed by atoms with Crippen molar-refractivity contribution < 1.29 is 24.1 Å². The van der Waals surface area contributed by atoms with Crippen LogP contribution in [0, 0.1) is 0 Å². The Bertz CT molecular complexity index is 712. The first-order valence-corrected chi connectivity index (χ1v) is 9.88. The van der Waals surface area contributed by atoms with E-state index in [2.05, 4.69) is 17.0 Å². The van der Waals surface area contributed by atoms with Crippen LogP contribution in [0.4, 0.5) is 0 Å². The van der Waals surface area contributed by atoms with E-state index >= 15 is 0 Å². The fraction of sp³-hybridized carbons (Fsp3) is 0.550. The lowest BCUT2D eigenvalue weighted by Gasteiger charge is -2.24. The molecule has 7 nitrogen and oxygen atoms in total. The molecule has 0 saturated carbocycles. The third kappa shape index (κ3) is 6.89. The second-order valence-electron chi connectivity index (χ2n) is 7.28. The normalized spacial score (nSPS) is 17.8. The van der Waals surface area contributed by atoms with E-state index in [0.717, 1.165) is 56.5 Å². The lowest BCUT2D eigenvalue weighted by atomic mass is 9.83. The molecule has 0 radical (unpaired) electrons. The van der Waals surface area contributed by atoms with Crippen LogP contribution in [-0.2, 0) is 9.59 Å². The lowest BCUT2D eigenvalue weighted by molar-refractivity contribution is -0.191. The van der Waals surface area contributed by atoms with Gasteiger partial charge in [-0.25, -0.2) is 0 Å². The zero-order valence-electron chi connectivity index (χ0n) is 16.1. The smallest absolute Gasteiger partial charge is 0.451 e. The van der Waals surface area contributed by atoms with Gasteiger partial charge in [-0.05, 0) is 50.7 Å². The largest absolute Gasteiger partial charge is 0.459 e. The summed E-state index contributed by atoms with van der Waals surface area (Å²) in [6.45, 7) is 2.09. The van der Waals surface area contributed by atoms with E-state index in [1.807, 2.05) is 18.2 Å². The zero-order chi connectivity index (χ0) is 20.4. The summed E-state index contributed by atoms with van der Waals surface area (Å²) in [7, 11) is -1.19. The Kier molecular flexibility index (Phi) is 9.40. The van der Waals surface area contributed by atoms with Crippen molar-refractivity contribution in [3.8, 4) is 0 Å². The number of hydrogen-bond acceptors (Lipinski definition) is 7. The van der Waals surface area contributed by atoms with E-state index < -0.39 is 7.12 Å². The van der Waals surface area contributed by atoms with Crippen LogP contribution in [0.1, 0.15) is 50.3 Å². The first-order chi connectivity index (χ1) is 13.5. The fourth-order valence-electron chi connectivity index (χ4n) is 3.79. The average molecular weight is 388 g/mol. The van der Waals surface area contributed by atoms with Gasteiger partial charge in [0, 0.05) is 18.0 Å². The molecule has 2 atom stereocenters. The molecule has 2 heterocycles. The number of hydrogen-bond donors (Lipinski definition) is 3. The number of likely N-dealkylation sites (tertiary alicyclic amines) is 1. The highest BCUT2D eigenvalue weighted by Gasteiger charge is 2.28. The summed E-state index contributed by atoms with van der Waals surface area (Å²) in [6, 6.07) is 10.9. The van der Waals surface area contributed by atoms with Crippen LogP contribution in [0.3, 0.4) is 0 Å². The molecular formula is C20H29BN2O5. The van der Waals surface area contributed by atoms with Crippen LogP contribution in [0.2, 0.25) is 6.32 Å². The van der Waals surface area contributed by atoms with Gasteiger partial charge in [0.05, 0.1) is 6.04 Å². The number of para-hydroxylation sites is 1. The molecule has 1 fully saturated rings. The molecule has 0 amide bonds. The van der Waals surface area contributed by atoms with Crippen molar-refractivity contribution in [2.45, 2.75) is 56.9 Å². The number of benzene rings is 1. The van der Waals surface area contributed by atoms with Crippen molar-refractivity contribution in [2.75, 3.05) is 13.1 Å². The Hall–Kier alpha value is -1.96. The number of unbranched alkanes of at least 4 members (excludes halogenated alkanes) is 1. The molecule has 1 aromatic carbocycles. The predicted octanol–water partition coefficient (Wildman–Crippen LogP) is 2.35. The molecule has 1 aliphatic rings. The van der Waals surface area contributed by atoms with Crippen molar-refractivity contribution in [1.82, 2.24) is 4.90 Å². The van der Waals surface area contributed by atoms with Gasteiger partial charge in [-0.15, -0.1) is 0 Å². The van der Waals surface area contributed by atoms with Gasteiger partial charge in [-0.3, -0.25) is 4.90 Å². The van der Waals surface area contributed by atoms with Crippen molar-refractivity contribution in [3.05, 3.63) is 36.1 Å². The number of nitrogens with zero attached hydrogens (tertiary/aromatic N) is 1. The summed E-state index contributed by atoms with van der Waals surface area (Å²) in [6.07, 6.45) is 6.71. The maximum absolute atomic E-state index is 8.86. The molecule has 28 heavy (non-hydrogen) atoms. The van der Waals surface area contributed by atoms with E-state index in [-0.39, 0.29) is 12.2 Å². The molecule has 2 aromatic rings. The minimum Gasteiger partial charge on any atom is -0.459 e. The van der Waals surface area contributed by atoms with Gasteiger partial charge in [-0.1, -0.05) is 31.0 Å². The number of carbonyl (C=O) groups excluding carboxylic acids is 2. The number of furan rings is 1. The summed E-state index contributed by atoms with van der Waals surface area (Å²) in [5.74, 6) is 1.07. The van der Waals surface area contributed by atoms with E-state index in [1.54, 1.807) is 0 Å².